The van der Waals surface area contributed by atoms with Crippen molar-refractivity contribution in [3.05, 3.63) is 48.4 Å². The van der Waals surface area contributed by atoms with Crippen LogP contribution in [0.3, 0.4) is 0 Å². The second-order valence-corrected chi connectivity index (χ2v) is 5.10. The summed E-state index contributed by atoms with van der Waals surface area (Å²) in [5.41, 5.74) is 2.35. The van der Waals surface area contributed by atoms with Crippen molar-refractivity contribution in [2.24, 2.45) is 7.05 Å². The van der Waals surface area contributed by atoms with E-state index in [9.17, 15) is 4.79 Å². The third kappa shape index (κ3) is 2.73. The quantitative estimate of drug-likeness (QED) is 0.786. The molecule has 0 aliphatic carbocycles. The lowest BCUT2D eigenvalue weighted by atomic mass is 10.1. The highest BCUT2D eigenvalue weighted by Gasteiger charge is 2.15. The molecule has 0 spiro atoms. The number of nitrogens with zero attached hydrogens (tertiary/aromatic N) is 3. The molecule has 0 aliphatic rings. The van der Waals surface area contributed by atoms with Crippen molar-refractivity contribution in [2.75, 3.05) is 19.0 Å². The normalized spacial score (nSPS) is 11.0. The van der Waals surface area contributed by atoms with Crippen molar-refractivity contribution in [3.63, 3.8) is 0 Å². The number of benzene rings is 1. The number of fused-ring (bicyclic) bond motifs is 1. The van der Waals surface area contributed by atoms with E-state index < -0.39 is 0 Å². The molecule has 0 radical (unpaired) electrons. The first-order valence-electron chi connectivity index (χ1n) is 7.06. The maximum absolute atomic E-state index is 12.5. The minimum absolute atomic E-state index is 0.139. The Morgan fingerprint density at radius 2 is 2.14 bits per heavy atom. The Kier molecular flexibility index (Phi) is 3.93. The van der Waals surface area contributed by atoms with E-state index in [1.54, 1.807) is 24.2 Å². The number of carbonyl (C=O) groups excluding carboxylic acids is 1. The first-order chi connectivity index (χ1) is 10.7. The summed E-state index contributed by atoms with van der Waals surface area (Å²) in [6.45, 7) is 1.31. The largest absolute Gasteiger partial charge is 0.383 e. The van der Waals surface area contributed by atoms with Crippen molar-refractivity contribution in [3.8, 4) is 0 Å². The number of nitrogens with one attached hydrogen (secondary N) is 1. The molecular weight excluding hydrogens is 280 g/mol. The van der Waals surface area contributed by atoms with Gasteiger partial charge in [0.15, 0.2) is 0 Å². The predicted octanol–water partition coefficient (Wildman–Crippen LogP) is 2.27. The van der Waals surface area contributed by atoms with Gasteiger partial charge in [-0.2, -0.15) is 5.10 Å². The van der Waals surface area contributed by atoms with Crippen LogP contribution in [0.2, 0.25) is 0 Å². The number of ether oxygens (including phenoxy) is 1. The van der Waals surface area contributed by atoms with Gasteiger partial charge in [0.1, 0.15) is 0 Å². The van der Waals surface area contributed by atoms with Gasteiger partial charge in [-0.15, -0.1) is 0 Å². The lowest BCUT2D eigenvalue weighted by molar-refractivity contribution is 0.102. The van der Waals surface area contributed by atoms with Gasteiger partial charge in [0.25, 0.3) is 5.91 Å². The highest BCUT2D eigenvalue weighted by atomic mass is 16.5. The number of hydrogen-bond donors (Lipinski definition) is 1. The standard InChI is InChI=1S/C16H18N4O2/c1-19-10-12(9-17-19)18-16(21)14-11-20(7-8-22-2)15-6-4-3-5-13(14)15/h3-6,9-11H,7-8H2,1-2H3,(H,18,21). The smallest absolute Gasteiger partial charge is 0.257 e. The number of aryl methyl sites for hydroxylation is 1. The van der Waals surface area contributed by atoms with Gasteiger partial charge in [-0.05, 0) is 6.07 Å². The fraction of sp³-hybridized carbons (Fsp3) is 0.250. The van der Waals surface area contributed by atoms with Gasteiger partial charge in [-0.25, -0.2) is 0 Å². The highest BCUT2D eigenvalue weighted by Crippen LogP contribution is 2.22. The van der Waals surface area contributed by atoms with Crippen LogP contribution >= 0.6 is 0 Å². The third-order valence-electron chi connectivity index (χ3n) is 3.53. The van der Waals surface area contributed by atoms with Crippen LogP contribution < -0.4 is 5.32 Å². The molecule has 0 fully saturated rings. The first kappa shape index (κ1) is 14.3. The van der Waals surface area contributed by atoms with E-state index in [4.69, 9.17) is 4.74 Å². The Morgan fingerprint density at radius 3 is 2.86 bits per heavy atom. The number of aromatic nitrogens is 3. The molecule has 0 unspecified atom stereocenters. The molecule has 1 amide bonds. The van der Waals surface area contributed by atoms with Crippen molar-refractivity contribution in [1.82, 2.24) is 14.3 Å². The van der Waals surface area contributed by atoms with E-state index in [-0.39, 0.29) is 5.91 Å². The summed E-state index contributed by atoms with van der Waals surface area (Å²) in [6, 6.07) is 7.86. The molecule has 0 atom stereocenters. The highest BCUT2D eigenvalue weighted by molar-refractivity contribution is 6.12. The third-order valence-corrected chi connectivity index (χ3v) is 3.53. The number of hydrogen-bond acceptors (Lipinski definition) is 3. The maximum Gasteiger partial charge on any atom is 0.257 e. The molecule has 0 bridgehead atoms. The molecule has 3 aromatic rings. The molecule has 22 heavy (non-hydrogen) atoms. The molecule has 6 heteroatoms. The SMILES string of the molecule is COCCn1cc(C(=O)Nc2cnn(C)c2)c2ccccc21. The van der Waals surface area contributed by atoms with Crippen LogP contribution in [0.1, 0.15) is 10.4 Å². The van der Waals surface area contributed by atoms with E-state index >= 15 is 0 Å². The van der Waals surface area contributed by atoms with Gasteiger partial charge in [-0.1, -0.05) is 18.2 Å². The number of anilines is 1. The van der Waals surface area contributed by atoms with Crippen molar-refractivity contribution in [2.45, 2.75) is 6.54 Å². The van der Waals surface area contributed by atoms with Crippen LogP contribution in [-0.2, 0) is 18.3 Å². The maximum atomic E-state index is 12.5. The minimum Gasteiger partial charge on any atom is -0.383 e. The van der Waals surface area contributed by atoms with Crippen LogP contribution in [-0.4, -0.2) is 34.0 Å². The molecule has 0 aliphatic heterocycles. The molecule has 6 nitrogen and oxygen atoms in total. The summed E-state index contributed by atoms with van der Waals surface area (Å²) >= 11 is 0. The van der Waals surface area contributed by atoms with E-state index in [0.29, 0.717) is 24.4 Å². The summed E-state index contributed by atoms with van der Waals surface area (Å²) in [5.74, 6) is -0.139. The molecule has 2 aromatic heterocycles. The molecule has 3 rings (SSSR count). The summed E-state index contributed by atoms with van der Waals surface area (Å²) in [4.78, 5) is 12.5. The Balaban J connectivity index is 1.93. The number of amides is 1. The van der Waals surface area contributed by atoms with Gasteiger partial charge in [0, 0.05) is 44.0 Å². The fourth-order valence-electron chi connectivity index (χ4n) is 2.49. The Labute approximate surface area is 128 Å². The summed E-state index contributed by atoms with van der Waals surface area (Å²) in [6.07, 6.45) is 5.26. The van der Waals surface area contributed by atoms with Crippen LogP contribution in [0.4, 0.5) is 5.69 Å². The zero-order valence-electron chi connectivity index (χ0n) is 12.6. The zero-order chi connectivity index (χ0) is 15.5. The topological polar surface area (TPSA) is 61.1 Å². The predicted molar refractivity (Wildman–Crippen MR) is 85.0 cm³/mol. The molecule has 114 valence electrons. The van der Waals surface area contributed by atoms with Crippen LogP contribution in [0.5, 0.6) is 0 Å². The van der Waals surface area contributed by atoms with Crippen LogP contribution in [0.15, 0.2) is 42.9 Å². The molecule has 2 heterocycles. The van der Waals surface area contributed by atoms with E-state index in [2.05, 4.69) is 10.4 Å². The van der Waals surface area contributed by atoms with E-state index in [0.717, 1.165) is 10.9 Å². The van der Waals surface area contributed by atoms with E-state index in [1.807, 2.05) is 42.1 Å². The number of methoxy groups -OCH3 is 1. The average Bonchev–Trinajstić information content (AvgIpc) is 3.09. The van der Waals surface area contributed by atoms with Gasteiger partial charge in [0.05, 0.1) is 24.1 Å². The second kappa shape index (κ2) is 6.03. The summed E-state index contributed by atoms with van der Waals surface area (Å²) in [5, 5.41) is 7.86. The van der Waals surface area contributed by atoms with Gasteiger partial charge >= 0.3 is 0 Å². The summed E-state index contributed by atoms with van der Waals surface area (Å²) in [7, 11) is 3.48. The summed E-state index contributed by atoms with van der Waals surface area (Å²) < 4.78 is 8.82. The second-order valence-electron chi connectivity index (χ2n) is 5.10. The molecule has 1 aromatic carbocycles. The molecule has 0 saturated carbocycles. The lowest BCUT2D eigenvalue weighted by Crippen LogP contribution is -2.11. The fourth-order valence-corrected chi connectivity index (χ4v) is 2.49. The van der Waals surface area contributed by atoms with Gasteiger partial charge in [-0.3, -0.25) is 9.48 Å². The average molecular weight is 298 g/mol. The van der Waals surface area contributed by atoms with Crippen LogP contribution in [0, 0.1) is 0 Å². The van der Waals surface area contributed by atoms with E-state index in [1.165, 1.54) is 0 Å². The van der Waals surface area contributed by atoms with Crippen molar-refractivity contribution in [1.29, 1.82) is 0 Å². The first-order valence-corrected chi connectivity index (χ1v) is 7.06. The number of carbonyl (C=O) groups is 1. The van der Waals surface area contributed by atoms with Gasteiger partial charge < -0.3 is 14.6 Å². The zero-order valence-corrected chi connectivity index (χ0v) is 12.6. The Hall–Kier alpha value is -2.60. The minimum atomic E-state index is -0.139. The van der Waals surface area contributed by atoms with Gasteiger partial charge in [0.2, 0.25) is 0 Å². The van der Waals surface area contributed by atoms with Crippen LogP contribution in [0.25, 0.3) is 10.9 Å². The van der Waals surface area contributed by atoms with Crippen molar-refractivity contribution < 1.29 is 9.53 Å². The molecular formula is C16H18N4O2. The Bertz CT molecular complexity index is 803. The molecule has 0 saturated heterocycles. The molecule has 1 N–H and O–H groups in total. The number of para-hydroxylation sites is 1. The Morgan fingerprint density at radius 1 is 1.32 bits per heavy atom. The monoisotopic (exact) mass is 298 g/mol. The van der Waals surface area contributed by atoms with Crippen molar-refractivity contribution >= 4 is 22.5 Å². The number of rotatable bonds is 5. The lowest BCUT2D eigenvalue weighted by Gasteiger charge is -2.03.